The summed E-state index contributed by atoms with van der Waals surface area (Å²) in [5, 5.41) is 17.5. The summed E-state index contributed by atoms with van der Waals surface area (Å²) >= 11 is 0. The highest BCUT2D eigenvalue weighted by Gasteiger charge is 2.11. The normalized spacial score (nSPS) is 11.1. The number of carboxylic acid groups (broad SMARTS) is 1. The third-order valence-electron chi connectivity index (χ3n) is 5.00. The van der Waals surface area contributed by atoms with Crippen molar-refractivity contribution in [3.8, 4) is 5.75 Å². The zero-order valence-corrected chi connectivity index (χ0v) is 16.9. The Hall–Kier alpha value is -2.93. The van der Waals surface area contributed by atoms with E-state index in [-0.39, 0.29) is 6.42 Å². The Morgan fingerprint density at radius 3 is 2.66 bits per heavy atom. The zero-order chi connectivity index (χ0) is 20.6. The number of methoxy groups -OCH3 is 1. The molecule has 3 aromatic rings. The van der Waals surface area contributed by atoms with E-state index in [0.29, 0.717) is 19.6 Å². The van der Waals surface area contributed by atoms with Crippen LogP contribution in [-0.4, -0.2) is 39.8 Å². The number of ether oxygens (including phenoxy) is 2. The first kappa shape index (κ1) is 20.8. The van der Waals surface area contributed by atoms with Crippen molar-refractivity contribution in [1.82, 2.24) is 15.0 Å². The molecule has 0 saturated heterocycles. The third kappa shape index (κ3) is 5.54. The maximum absolute atomic E-state index is 10.8. The predicted molar refractivity (Wildman–Crippen MR) is 110 cm³/mol. The van der Waals surface area contributed by atoms with Crippen molar-refractivity contribution in [2.75, 3.05) is 13.7 Å². The highest BCUT2D eigenvalue weighted by Crippen LogP contribution is 2.21. The van der Waals surface area contributed by atoms with Gasteiger partial charge in [0.1, 0.15) is 11.3 Å². The van der Waals surface area contributed by atoms with Gasteiger partial charge in [-0.3, -0.25) is 4.79 Å². The van der Waals surface area contributed by atoms with Crippen molar-refractivity contribution in [1.29, 1.82) is 0 Å². The number of nitrogens with zero attached hydrogens (tertiary/aromatic N) is 3. The molecule has 0 radical (unpaired) electrons. The van der Waals surface area contributed by atoms with Crippen LogP contribution in [0.5, 0.6) is 5.75 Å². The lowest BCUT2D eigenvalue weighted by Gasteiger charge is -2.07. The topological polar surface area (TPSA) is 86.5 Å². The second-order valence-corrected chi connectivity index (χ2v) is 7.03. The first-order valence-electron chi connectivity index (χ1n) is 9.82. The van der Waals surface area contributed by atoms with Gasteiger partial charge in [0.15, 0.2) is 0 Å². The first-order valence-corrected chi connectivity index (χ1v) is 9.82. The minimum Gasteiger partial charge on any atom is -0.497 e. The molecule has 2 aromatic carbocycles. The van der Waals surface area contributed by atoms with Crippen LogP contribution in [0.25, 0.3) is 11.0 Å². The summed E-state index contributed by atoms with van der Waals surface area (Å²) in [5.41, 5.74) is 4.99. The molecule has 0 aliphatic heterocycles. The van der Waals surface area contributed by atoms with Gasteiger partial charge in [0.25, 0.3) is 0 Å². The highest BCUT2D eigenvalue weighted by atomic mass is 16.5. The molecule has 1 aromatic heterocycles. The summed E-state index contributed by atoms with van der Waals surface area (Å²) in [6, 6.07) is 11.9. The Labute approximate surface area is 170 Å². The number of unbranched alkanes of at least 4 members (excludes halogenated alkanes) is 1. The van der Waals surface area contributed by atoms with E-state index in [1.807, 2.05) is 48.0 Å². The van der Waals surface area contributed by atoms with E-state index in [1.54, 1.807) is 7.11 Å². The fourth-order valence-electron chi connectivity index (χ4n) is 3.26. The van der Waals surface area contributed by atoms with Crippen LogP contribution in [0.2, 0.25) is 0 Å². The largest absolute Gasteiger partial charge is 0.497 e. The van der Waals surface area contributed by atoms with Crippen molar-refractivity contribution in [2.24, 2.45) is 0 Å². The number of aliphatic carboxylic acids is 1. The van der Waals surface area contributed by atoms with Crippen molar-refractivity contribution in [3.05, 3.63) is 53.1 Å². The number of hydrogen-bond donors (Lipinski definition) is 1. The van der Waals surface area contributed by atoms with Crippen LogP contribution >= 0.6 is 0 Å². The molecule has 7 heteroatoms. The Balaban J connectivity index is 1.45. The molecule has 3 rings (SSSR count). The Kier molecular flexibility index (Phi) is 7.19. The average Bonchev–Trinajstić information content (AvgIpc) is 3.14. The van der Waals surface area contributed by atoms with Crippen LogP contribution in [0.15, 0.2) is 36.4 Å². The monoisotopic (exact) mass is 397 g/mol. The van der Waals surface area contributed by atoms with Crippen molar-refractivity contribution in [3.63, 3.8) is 0 Å². The van der Waals surface area contributed by atoms with Gasteiger partial charge in [-0.1, -0.05) is 23.4 Å². The summed E-state index contributed by atoms with van der Waals surface area (Å²) in [4.78, 5) is 10.8. The number of hydrogen-bond acceptors (Lipinski definition) is 5. The number of fused-ring (bicyclic) bond motifs is 1. The Bertz CT molecular complexity index is 951. The van der Waals surface area contributed by atoms with E-state index >= 15 is 0 Å². The van der Waals surface area contributed by atoms with Gasteiger partial charge in [-0.15, -0.1) is 5.10 Å². The molecule has 0 unspecified atom stereocenters. The first-order chi connectivity index (χ1) is 14.1. The minimum atomic E-state index is -0.789. The molecule has 1 N–H and O–H groups in total. The van der Waals surface area contributed by atoms with E-state index in [0.717, 1.165) is 52.9 Å². The maximum atomic E-state index is 10.8. The van der Waals surface area contributed by atoms with Gasteiger partial charge in [0, 0.05) is 19.6 Å². The fraction of sp³-hybridized carbons (Fsp3) is 0.409. The van der Waals surface area contributed by atoms with Crippen LogP contribution in [0.1, 0.15) is 36.0 Å². The van der Waals surface area contributed by atoms with E-state index < -0.39 is 5.97 Å². The quantitative estimate of drug-likeness (QED) is 0.496. The number of aromatic nitrogens is 3. The van der Waals surface area contributed by atoms with Crippen LogP contribution in [0.4, 0.5) is 0 Å². The molecule has 7 nitrogen and oxygen atoms in total. The molecule has 0 aliphatic carbocycles. The molecule has 0 atom stereocenters. The van der Waals surface area contributed by atoms with Crippen LogP contribution < -0.4 is 4.74 Å². The van der Waals surface area contributed by atoms with Gasteiger partial charge in [0.05, 0.1) is 19.2 Å². The second-order valence-electron chi connectivity index (χ2n) is 7.03. The molecular weight excluding hydrogens is 370 g/mol. The fourth-order valence-corrected chi connectivity index (χ4v) is 3.26. The molecule has 0 spiro atoms. The van der Waals surface area contributed by atoms with Crippen molar-refractivity contribution >= 4 is 17.0 Å². The molecule has 0 saturated carbocycles. The van der Waals surface area contributed by atoms with Gasteiger partial charge in [0.2, 0.25) is 0 Å². The Morgan fingerprint density at radius 2 is 1.93 bits per heavy atom. The molecule has 0 bridgehead atoms. The summed E-state index contributed by atoms with van der Waals surface area (Å²) in [5.74, 6) is 0.0559. The number of carbonyl (C=O) groups is 1. The smallest absolute Gasteiger partial charge is 0.303 e. The van der Waals surface area contributed by atoms with E-state index in [4.69, 9.17) is 14.6 Å². The highest BCUT2D eigenvalue weighted by molar-refractivity contribution is 5.79. The van der Waals surface area contributed by atoms with Crippen molar-refractivity contribution in [2.45, 2.75) is 45.8 Å². The van der Waals surface area contributed by atoms with Gasteiger partial charge in [-0.25, -0.2) is 4.68 Å². The minimum absolute atomic E-state index is 0.122. The summed E-state index contributed by atoms with van der Waals surface area (Å²) < 4.78 is 12.8. The number of aryl methyl sites for hydroxylation is 3. The van der Waals surface area contributed by atoms with Crippen LogP contribution in [0.3, 0.4) is 0 Å². The van der Waals surface area contributed by atoms with Gasteiger partial charge >= 0.3 is 5.97 Å². The van der Waals surface area contributed by atoms with Gasteiger partial charge in [-0.2, -0.15) is 0 Å². The Morgan fingerprint density at radius 1 is 1.14 bits per heavy atom. The molecule has 154 valence electrons. The predicted octanol–water partition coefficient (Wildman–Crippen LogP) is 3.76. The molecular formula is C22H27N3O4. The zero-order valence-electron chi connectivity index (χ0n) is 16.9. The second kappa shape index (κ2) is 10.0. The SMILES string of the molecule is COc1ccc(COCCCCn2nnc3c(C)c(CCC(=O)O)ccc32)cc1. The molecule has 29 heavy (non-hydrogen) atoms. The lowest BCUT2D eigenvalue weighted by Crippen LogP contribution is -2.03. The maximum Gasteiger partial charge on any atom is 0.303 e. The lowest BCUT2D eigenvalue weighted by atomic mass is 10.0. The summed E-state index contributed by atoms with van der Waals surface area (Å²) in [7, 11) is 1.66. The standard InChI is InChI=1S/C22H27N3O4/c1-16-18(8-12-21(26)27)7-11-20-22(16)23-24-25(20)13-3-4-14-29-15-17-5-9-19(28-2)10-6-17/h5-7,9-11H,3-4,8,12-15H2,1-2H3,(H,26,27). The van der Waals surface area contributed by atoms with Gasteiger partial charge in [-0.05, 0) is 61.1 Å². The summed E-state index contributed by atoms with van der Waals surface area (Å²) in [6.07, 6.45) is 2.51. The molecule has 0 aliphatic rings. The third-order valence-corrected chi connectivity index (χ3v) is 5.00. The van der Waals surface area contributed by atoms with E-state index in [1.165, 1.54) is 0 Å². The number of benzene rings is 2. The average molecular weight is 397 g/mol. The van der Waals surface area contributed by atoms with E-state index in [9.17, 15) is 4.79 Å². The molecule has 0 amide bonds. The van der Waals surface area contributed by atoms with Crippen LogP contribution in [-0.2, 0) is 29.1 Å². The molecule has 1 heterocycles. The van der Waals surface area contributed by atoms with Gasteiger partial charge < -0.3 is 14.6 Å². The summed E-state index contributed by atoms with van der Waals surface area (Å²) in [6.45, 7) is 4.04. The lowest BCUT2D eigenvalue weighted by molar-refractivity contribution is -0.136. The molecule has 0 fully saturated rings. The number of rotatable bonds is 11. The van der Waals surface area contributed by atoms with Crippen LogP contribution in [0, 0.1) is 6.92 Å². The number of carboxylic acids is 1. The van der Waals surface area contributed by atoms with Crippen molar-refractivity contribution < 1.29 is 19.4 Å². The van der Waals surface area contributed by atoms with E-state index in [2.05, 4.69) is 10.3 Å².